The minimum Gasteiger partial charge on any atom is -0.383 e. The zero-order valence-electron chi connectivity index (χ0n) is 13.4. The van der Waals surface area contributed by atoms with Gasteiger partial charge in [0.15, 0.2) is 10.9 Å². The van der Waals surface area contributed by atoms with Gasteiger partial charge in [-0.05, 0) is 19.9 Å². The minimum atomic E-state index is 0.00400. The fourth-order valence-corrected chi connectivity index (χ4v) is 3.00. The van der Waals surface area contributed by atoms with E-state index in [1.165, 1.54) is 11.8 Å². The fraction of sp³-hybridized carbons (Fsp3) is 0.429. The van der Waals surface area contributed by atoms with Crippen LogP contribution in [-0.2, 0) is 11.3 Å². The SMILES string of the molecule is COCCn1c(C)cc(C(=O)CSc2nc(N)nc(N)n2)c1C. The molecule has 2 aromatic rings. The van der Waals surface area contributed by atoms with Gasteiger partial charge in [-0.25, -0.2) is 0 Å². The molecule has 0 aromatic carbocycles. The van der Waals surface area contributed by atoms with Crippen molar-refractivity contribution in [3.8, 4) is 0 Å². The second-order valence-corrected chi connectivity index (χ2v) is 5.92. The van der Waals surface area contributed by atoms with E-state index < -0.39 is 0 Å². The van der Waals surface area contributed by atoms with Gasteiger partial charge in [-0.1, -0.05) is 11.8 Å². The van der Waals surface area contributed by atoms with Crippen molar-refractivity contribution in [1.82, 2.24) is 19.5 Å². The molecule has 2 rings (SSSR count). The van der Waals surface area contributed by atoms with Gasteiger partial charge in [0.25, 0.3) is 0 Å². The molecule has 0 unspecified atom stereocenters. The lowest BCUT2D eigenvalue weighted by Gasteiger charge is -2.08. The smallest absolute Gasteiger partial charge is 0.225 e. The summed E-state index contributed by atoms with van der Waals surface area (Å²) >= 11 is 1.19. The molecule has 4 N–H and O–H groups in total. The molecule has 0 spiro atoms. The molecule has 0 amide bonds. The highest BCUT2D eigenvalue weighted by Crippen LogP contribution is 2.20. The number of Topliss-reactive ketones (excluding diaryl/α,β-unsaturated/α-hetero) is 1. The van der Waals surface area contributed by atoms with Crippen LogP contribution >= 0.6 is 11.8 Å². The first-order chi connectivity index (χ1) is 10.9. The van der Waals surface area contributed by atoms with Gasteiger partial charge in [0.05, 0.1) is 12.4 Å². The number of ketones is 1. The van der Waals surface area contributed by atoms with E-state index in [9.17, 15) is 4.79 Å². The van der Waals surface area contributed by atoms with E-state index in [0.29, 0.717) is 17.3 Å². The lowest BCUT2D eigenvalue weighted by atomic mass is 10.2. The van der Waals surface area contributed by atoms with Crippen LogP contribution in [0.5, 0.6) is 0 Å². The number of hydrogen-bond donors (Lipinski definition) is 2. The van der Waals surface area contributed by atoms with Gasteiger partial charge in [0.1, 0.15) is 0 Å². The van der Waals surface area contributed by atoms with Crippen molar-refractivity contribution in [2.45, 2.75) is 25.5 Å². The summed E-state index contributed by atoms with van der Waals surface area (Å²) in [6, 6.07) is 1.89. The lowest BCUT2D eigenvalue weighted by molar-refractivity contribution is 0.102. The summed E-state index contributed by atoms with van der Waals surface area (Å²) in [5, 5.41) is 0.344. The molecule has 0 aliphatic rings. The van der Waals surface area contributed by atoms with Crippen molar-refractivity contribution in [2.75, 3.05) is 30.9 Å². The molecule has 0 fully saturated rings. The second kappa shape index (κ2) is 7.42. The molecule has 0 saturated carbocycles. The lowest BCUT2D eigenvalue weighted by Crippen LogP contribution is -2.10. The number of nitrogens with zero attached hydrogens (tertiary/aromatic N) is 4. The van der Waals surface area contributed by atoms with Crippen LogP contribution in [0.1, 0.15) is 21.7 Å². The van der Waals surface area contributed by atoms with Crippen LogP contribution in [0.3, 0.4) is 0 Å². The third kappa shape index (κ3) is 4.20. The van der Waals surface area contributed by atoms with Gasteiger partial charge in [-0.3, -0.25) is 4.79 Å². The maximum Gasteiger partial charge on any atom is 0.225 e. The summed E-state index contributed by atoms with van der Waals surface area (Å²) in [6.07, 6.45) is 0. The molecular formula is C14H20N6O2S. The number of thioether (sulfide) groups is 1. The van der Waals surface area contributed by atoms with E-state index >= 15 is 0 Å². The molecule has 0 aliphatic heterocycles. The van der Waals surface area contributed by atoms with Gasteiger partial charge in [-0.15, -0.1) is 0 Å². The molecule has 2 heterocycles. The Labute approximate surface area is 138 Å². The summed E-state index contributed by atoms with van der Waals surface area (Å²) in [7, 11) is 1.66. The van der Waals surface area contributed by atoms with E-state index in [-0.39, 0.29) is 23.4 Å². The molecular weight excluding hydrogens is 316 g/mol. The predicted molar refractivity (Wildman–Crippen MR) is 89.5 cm³/mol. The number of rotatable bonds is 7. The first kappa shape index (κ1) is 17.2. The molecule has 2 aromatic heterocycles. The van der Waals surface area contributed by atoms with Crippen molar-refractivity contribution in [3.63, 3.8) is 0 Å². The fourth-order valence-electron chi connectivity index (χ4n) is 2.27. The highest BCUT2D eigenvalue weighted by Gasteiger charge is 2.16. The number of aryl methyl sites for hydroxylation is 1. The third-order valence-electron chi connectivity index (χ3n) is 3.37. The van der Waals surface area contributed by atoms with E-state index in [1.807, 2.05) is 19.9 Å². The number of methoxy groups -OCH3 is 1. The normalized spacial score (nSPS) is 10.9. The molecule has 0 bridgehead atoms. The molecule has 0 atom stereocenters. The quantitative estimate of drug-likeness (QED) is 0.569. The van der Waals surface area contributed by atoms with Crippen LogP contribution in [0.2, 0.25) is 0 Å². The highest BCUT2D eigenvalue weighted by molar-refractivity contribution is 7.99. The topological polar surface area (TPSA) is 122 Å². The maximum absolute atomic E-state index is 12.4. The van der Waals surface area contributed by atoms with E-state index in [4.69, 9.17) is 16.2 Å². The number of aromatic nitrogens is 4. The second-order valence-electron chi connectivity index (χ2n) is 4.98. The molecule has 8 nitrogen and oxygen atoms in total. The van der Waals surface area contributed by atoms with Gasteiger partial charge < -0.3 is 20.8 Å². The van der Waals surface area contributed by atoms with E-state index in [2.05, 4.69) is 19.5 Å². The molecule has 0 radical (unpaired) electrons. The molecule has 0 saturated heterocycles. The zero-order valence-corrected chi connectivity index (χ0v) is 14.2. The Kier molecular flexibility index (Phi) is 5.56. The first-order valence-corrected chi connectivity index (χ1v) is 7.99. The number of nitrogens with two attached hydrogens (primary N) is 2. The number of carbonyl (C=O) groups is 1. The number of hydrogen-bond acceptors (Lipinski definition) is 8. The van der Waals surface area contributed by atoms with Crippen molar-refractivity contribution in [2.24, 2.45) is 0 Å². The van der Waals surface area contributed by atoms with Crippen LogP contribution in [0.25, 0.3) is 0 Å². The van der Waals surface area contributed by atoms with Crippen molar-refractivity contribution in [1.29, 1.82) is 0 Å². The summed E-state index contributed by atoms with van der Waals surface area (Å²) < 4.78 is 7.17. The predicted octanol–water partition coefficient (Wildman–Crippen LogP) is 1.08. The third-order valence-corrected chi connectivity index (χ3v) is 4.22. The average Bonchev–Trinajstić information content (AvgIpc) is 2.77. The number of nitrogen functional groups attached to an aromatic ring is 2. The van der Waals surface area contributed by atoms with Crippen LogP contribution in [0.15, 0.2) is 11.2 Å². The standard InChI is InChI=1S/C14H20N6O2S/c1-8-6-10(9(2)20(8)4-5-22-3)11(21)7-23-14-18-12(15)17-13(16)19-14/h6H,4-5,7H2,1-3H3,(H4,15,16,17,18,19). The summed E-state index contributed by atoms with van der Waals surface area (Å²) in [4.78, 5) is 24.0. The number of anilines is 2. The summed E-state index contributed by atoms with van der Waals surface area (Å²) in [6.45, 7) is 5.22. The number of ether oxygens (including phenoxy) is 1. The molecule has 124 valence electrons. The Morgan fingerprint density at radius 3 is 2.52 bits per heavy atom. The maximum atomic E-state index is 12.4. The minimum absolute atomic E-state index is 0.00400. The van der Waals surface area contributed by atoms with Crippen molar-refractivity contribution < 1.29 is 9.53 Å². The molecule has 0 aliphatic carbocycles. The Morgan fingerprint density at radius 2 is 1.91 bits per heavy atom. The van der Waals surface area contributed by atoms with Crippen molar-refractivity contribution >= 4 is 29.4 Å². The van der Waals surface area contributed by atoms with Crippen LogP contribution in [-0.4, -0.2) is 44.8 Å². The van der Waals surface area contributed by atoms with Gasteiger partial charge in [0, 0.05) is 30.6 Å². The van der Waals surface area contributed by atoms with Gasteiger partial charge in [0.2, 0.25) is 11.9 Å². The molecule has 9 heteroatoms. The number of carbonyl (C=O) groups excluding carboxylic acids is 1. The largest absolute Gasteiger partial charge is 0.383 e. The monoisotopic (exact) mass is 336 g/mol. The van der Waals surface area contributed by atoms with Crippen LogP contribution in [0.4, 0.5) is 11.9 Å². The van der Waals surface area contributed by atoms with E-state index in [0.717, 1.165) is 17.9 Å². The van der Waals surface area contributed by atoms with Crippen LogP contribution in [0, 0.1) is 13.8 Å². The summed E-state index contributed by atoms with van der Waals surface area (Å²) in [5.41, 5.74) is 13.7. The van der Waals surface area contributed by atoms with Crippen molar-refractivity contribution in [3.05, 3.63) is 23.0 Å². The highest BCUT2D eigenvalue weighted by atomic mass is 32.2. The Morgan fingerprint density at radius 1 is 1.26 bits per heavy atom. The van der Waals surface area contributed by atoms with Crippen LogP contribution < -0.4 is 11.5 Å². The molecule has 23 heavy (non-hydrogen) atoms. The first-order valence-electron chi connectivity index (χ1n) is 7.01. The zero-order chi connectivity index (χ0) is 17.0. The van der Waals surface area contributed by atoms with Gasteiger partial charge in [-0.2, -0.15) is 15.0 Å². The Bertz CT molecular complexity index is 695. The Hall–Kier alpha value is -2.13. The average molecular weight is 336 g/mol. The van der Waals surface area contributed by atoms with E-state index in [1.54, 1.807) is 7.11 Å². The Balaban J connectivity index is 2.09. The van der Waals surface area contributed by atoms with Gasteiger partial charge >= 0.3 is 0 Å². The summed E-state index contributed by atoms with van der Waals surface area (Å²) in [5.74, 6) is 0.303.